The molecule has 40 heavy (non-hydrogen) atoms. The third-order valence-electron chi connectivity index (χ3n) is 7.68. The molecule has 2 aliphatic carbocycles. The second-order valence-electron chi connectivity index (χ2n) is 10.9. The highest BCUT2D eigenvalue weighted by molar-refractivity contribution is 5.92. The number of hydrogen-bond donors (Lipinski definition) is 2. The zero-order chi connectivity index (χ0) is 30.3. The van der Waals surface area contributed by atoms with Gasteiger partial charge >= 0.3 is 29.8 Å². The van der Waals surface area contributed by atoms with Crippen molar-refractivity contribution in [2.75, 3.05) is 0 Å². The third-order valence-corrected chi connectivity index (χ3v) is 7.68. The van der Waals surface area contributed by atoms with Crippen LogP contribution in [0.1, 0.15) is 55.4 Å². The minimum atomic E-state index is -2.07. The highest BCUT2D eigenvalue weighted by Gasteiger charge is 2.63. The summed E-state index contributed by atoms with van der Waals surface area (Å²) in [7, 11) is 0. The fourth-order valence-electron chi connectivity index (χ4n) is 6.03. The molecular weight excluding hydrogens is 528 g/mol. The number of rotatable bonds is 4. The van der Waals surface area contributed by atoms with Gasteiger partial charge in [-0.15, -0.1) is 0 Å². The number of carbonyl (C=O) groups is 5. The van der Waals surface area contributed by atoms with Crippen LogP contribution in [0.15, 0.2) is 34.9 Å². The molecule has 0 spiro atoms. The molecule has 0 aromatic heterocycles. The normalized spacial score (nSPS) is 37.3. The fraction of sp³-hybridized carbons (Fsp3) is 0.607. The number of aliphatic hydroxyl groups is 2. The molecule has 0 radical (unpaired) electrons. The van der Waals surface area contributed by atoms with E-state index in [2.05, 4.69) is 0 Å². The van der Waals surface area contributed by atoms with Gasteiger partial charge in [-0.25, -0.2) is 4.79 Å². The number of carbonyl (C=O) groups excluding carboxylic acids is 5. The van der Waals surface area contributed by atoms with Gasteiger partial charge in [0.25, 0.3) is 0 Å². The van der Waals surface area contributed by atoms with Crippen molar-refractivity contribution < 1.29 is 57.9 Å². The summed E-state index contributed by atoms with van der Waals surface area (Å²) >= 11 is 0. The van der Waals surface area contributed by atoms with Crippen molar-refractivity contribution >= 4 is 29.8 Å². The molecule has 0 fully saturated rings. The average molecular weight is 565 g/mol. The van der Waals surface area contributed by atoms with E-state index in [9.17, 15) is 34.2 Å². The van der Waals surface area contributed by atoms with Gasteiger partial charge in [-0.3, -0.25) is 19.2 Å². The lowest BCUT2D eigenvalue weighted by Crippen LogP contribution is -2.66. The van der Waals surface area contributed by atoms with E-state index in [1.54, 1.807) is 13.8 Å². The molecule has 9 atom stereocenters. The first-order chi connectivity index (χ1) is 18.4. The Morgan fingerprint density at radius 1 is 0.875 bits per heavy atom. The monoisotopic (exact) mass is 564 g/mol. The Bertz CT molecular complexity index is 1190. The van der Waals surface area contributed by atoms with Crippen molar-refractivity contribution in [3.8, 4) is 0 Å². The summed E-state index contributed by atoms with van der Waals surface area (Å²) in [5.41, 5.74) is -3.07. The van der Waals surface area contributed by atoms with Crippen LogP contribution in [0.4, 0.5) is 0 Å². The topological polar surface area (TPSA) is 172 Å². The Morgan fingerprint density at radius 2 is 1.40 bits per heavy atom. The number of esters is 5. The Morgan fingerprint density at radius 3 is 1.93 bits per heavy atom. The molecule has 0 aromatic rings. The molecule has 0 saturated carbocycles. The zero-order valence-electron chi connectivity index (χ0n) is 23.8. The molecule has 3 aliphatic rings. The summed E-state index contributed by atoms with van der Waals surface area (Å²) in [4.78, 5) is 62.4. The number of fused-ring (bicyclic) bond motifs is 2. The molecular formula is C28H36O12. The lowest BCUT2D eigenvalue weighted by molar-refractivity contribution is -0.218. The van der Waals surface area contributed by atoms with Gasteiger partial charge in [-0.2, -0.15) is 0 Å². The first kappa shape index (κ1) is 31.0. The van der Waals surface area contributed by atoms with Crippen molar-refractivity contribution in [1.82, 2.24) is 0 Å². The maximum atomic E-state index is 12.8. The SMILES string of the molecule is CC(=O)OC1C(C)=CC2OC(=O)C(C)=C2C(OC(C)=O)C2C(C)(O)C(O)C=CC2(C)C(OC(C)=O)C1OC(C)=O. The number of ether oxygens (including phenoxy) is 5. The Hall–Kier alpha value is -3.51. The van der Waals surface area contributed by atoms with Crippen LogP contribution in [0.3, 0.4) is 0 Å². The maximum absolute atomic E-state index is 12.8. The molecule has 1 aliphatic heterocycles. The zero-order valence-corrected chi connectivity index (χ0v) is 23.8. The van der Waals surface area contributed by atoms with E-state index in [-0.39, 0.29) is 16.7 Å². The van der Waals surface area contributed by atoms with E-state index in [0.29, 0.717) is 0 Å². The Kier molecular flexibility index (Phi) is 8.66. The van der Waals surface area contributed by atoms with Crippen LogP contribution >= 0.6 is 0 Å². The minimum Gasteiger partial charge on any atom is -0.457 e. The van der Waals surface area contributed by atoms with E-state index in [1.165, 1.54) is 32.1 Å². The summed E-state index contributed by atoms with van der Waals surface area (Å²) in [6.07, 6.45) is -4.10. The summed E-state index contributed by atoms with van der Waals surface area (Å²) in [6, 6.07) is 0. The van der Waals surface area contributed by atoms with Gasteiger partial charge in [0, 0.05) is 50.2 Å². The standard InChI is InChI=1S/C28H36O12/c1-12-11-18-20(13(2)26(34)40-18)22(37-15(4)30)24-27(7,10-9-19(33)28(24,8)35)25(39-17(6)32)23(38-16(5)31)21(12)36-14(3)29/h9-11,18-19,21-25,33,35H,1-8H3. The quantitative estimate of drug-likeness (QED) is 0.284. The predicted molar refractivity (Wildman–Crippen MR) is 136 cm³/mol. The van der Waals surface area contributed by atoms with Gasteiger partial charge in [0.15, 0.2) is 18.3 Å². The van der Waals surface area contributed by atoms with E-state index in [0.717, 1.165) is 27.7 Å². The lowest BCUT2D eigenvalue weighted by Gasteiger charge is -2.55. The van der Waals surface area contributed by atoms with Crippen molar-refractivity contribution in [2.24, 2.45) is 11.3 Å². The van der Waals surface area contributed by atoms with E-state index in [1.807, 2.05) is 0 Å². The molecule has 12 nitrogen and oxygen atoms in total. The molecule has 0 bridgehead atoms. The van der Waals surface area contributed by atoms with Crippen LogP contribution in [0.25, 0.3) is 0 Å². The highest BCUT2D eigenvalue weighted by Crippen LogP contribution is 2.53. The summed E-state index contributed by atoms with van der Waals surface area (Å²) in [6.45, 7) is 10.4. The van der Waals surface area contributed by atoms with E-state index in [4.69, 9.17) is 23.7 Å². The number of aliphatic hydroxyl groups excluding tert-OH is 1. The predicted octanol–water partition coefficient (Wildman–Crippen LogP) is 1.22. The van der Waals surface area contributed by atoms with Crippen LogP contribution in [0.2, 0.25) is 0 Å². The Labute approximate surface area is 231 Å². The first-order valence-electron chi connectivity index (χ1n) is 12.8. The van der Waals surface area contributed by atoms with Gasteiger partial charge in [0.1, 0.15) is 18.3 Å². The molecule has 9 unspecified atom stereocenters. The van der Waals surface area contributed by atoms with Crippen LogP contribution in [0, 0.1) is 11.3 Å². The van der Waals surface area contributed by atoms with Crippen molar-refractivity contribution in [3.05, 3.63) is 34.9 Å². The van der Waals surface area contributed by atoms with Gasteiger partial charge in [0.2, 0.25) is 0 Å². The smallest absolute Gasteiger partial charge is 0.334 e. The van der Waals surface area contributed by atoms with Crippen molar-refractivity contribution in [3.63, 3.8) is 0 Å². The van der Waals surface area contributed by atoms with Gasteiger partial charge < -0.3 is 33.9 Å². The average Bonchev–Trinajstić information content (AvgIpc) is 3.08. The van der Waals surface area contributed by atoms with Gasteiger partial charge in [-0.1, -0.05) is 19.1 Å². The molecule has 220 valence electrons. The lowest BCUT2D eigenvalue weighted by atomic mass is 9.56. The van der Waals surface area contributed by atoms with Crippen molar-refractivity contribution in [2.45, 2.75) is 97.6 Å². The minimum absolute atomic E-state index is 0.104. The maximum Gasteiger partial charge on any atom is 0.334 e. The van der Waals surface area contributed by atoms with Crippen LogP contribution < -0.4 is 0 Å². The van der Waals surface area contributed by atoms with Crippen molar-refractivity contribution in [1.29, 1.82) is 0 Å². The molecule has 1 heterocycles. The van der Waals surface area contributed by atoms with E-state index < -0.39 is 83.4 Å². The fourth-order valence-corrected chi connectivity index (χ4v) is 6.03. The number of hydrogen-bond acceptors (Lipinski definition) is 12. The molecule has 12 heteroatoms. The molecule has 0 aromatic carbocycles. The van der Waals surface area contributed by atoms with Crippen LogP contribution in [-0.2, 0) is 47.7 Å². The summed E-state index contributed by atoms with van der Waals surface area (Å²) in [5, 5.41) is 22.7. The highest BCUT2D eigenvalue weighted by atomic mass is 16.6. The molecule has 0 saturated heterocycles. The van der Waals surface area contributed by atoms with Crippen LogP contribution in [0.5, 0.6) is 0 Å². The van der Waals surface area contributed by atoms with Gasteiger partial charge in [-0.05, 0) is 32.4 Å². The Balaban J connectivity index is 2.51. The summed E-state index contributed by atoms with van der Waals surface area (Å²) < 4.78 is 28.4. The third kappa shape index (κ3) is 5.68. The molecule has 0 amide bonds. The first-order valence-corrected chi connectivity index (χ1v) is 12.8. The molecule has 2 N–H and O–H groups in total. The molecule has 3 rings (SSSR count). The van der Waals surface area contributed by atoms with Crippen LogP contribution in [-0.4, -0.2) is 82.3 Å². The van der Waals surface area contributed by atoms with E-state index >= 15 is 0 Å². The second kappa shape index (κ2) is 11.2. The summed E-state index contributed by atoms with van der Waals surface area (Å²) in [5.74, 6) is -5.13. The second-order valence-corrected chi connectivity index (χ2v) is 10.9. The largest absolute Gasteiger partial charge is 0.457 e. The van der Waals surface area contributed by atoms with Gasteiger partial charge in [0.05, 0.1) is 5.60 Å².